The first-order valence-corrected chi connectivity index (χ1v) is 9.43. The minimum Gasteiger partial charge on any atom is -0.383 e. The molecule has 30 heavy (non-hydrogen) atoms. The van der Waals surface area contributed by atoms with Crippen LogP contribution in [0, 0.1) is 0 Å². The highest BCUT2D eigenvalue weighted by Crippen LogP contribution is 2.23. The molecule has 0 saturated carbocycles. The van der Waals surface area contributed by atoms with Crippen LogP contribution in [0.4, 0.5) is 11.5 Å². The lowest BCUT2D eigenvalue weighted by molar-refractivity contribution is 0.0940. The number of methoxy groups -OCH3 is 1. The van der Waals surface area contributed by atoms with Gasteiger partial charge in [-0.05, 0) is 6.42 Å². The Labute approximate surface area is 171 Å². The van der Waals surface area contributed by atoms with Crippen LogP contribution in [0.2, 0.25) is 0 Å². The Morgan fingerprint density at radius 2 is 2.03 bits per heavy atom. The van der Waals surface area contributed by atoms with Gasteiger partial charge in [-0.3, -0.25) is 24.0 Å². The number of H-pyrrole nitrogens is 1. The molecule has 0 unspecified atom stereocenters. The van der Waals surface area contributed by atoms with Gasteiger partial charge in [-0.1, -0.05) is 42.4 Å². The molecule has 0 aliphatic rings. The van der Waals surface area contributed by atoms with Crippen LogP contribution in [0.5, 0.6) is 0 Å². The Morgan fingerprint density at radius 1 is 1.30 bits per heavy atom. The molecule has 0 fully saturated rings. The van der Waals surface area contributed by atoms with E-state index in [2.05, 4.69) is 10.1 Å². The van der Waals surface area contributed by atoms with E-state index in [-0.39, 0.29) is 30.4 Å². The number of nitrogens with zero attached hydrogens (tertiary/aromatic N) is 3. The smallest absolute Gasteiger partial charge is 0.330 e. The summed E-state index contributed by atoms with van der Waals surface area (Å²) in [5, 5.41) is 3.94. The fourth-order valence-electron chi connectivity index (χ4n) is 3.04. The Hall–Kier alpha value is -3.66. The Balaban J connectivity index is 2.05. The molecule has 0 bridgehead atoms. The van der Waals surface area contributed by atoms with Crippen LogP contribution in [0.25, 0.3) is 11.3 Å². The second-order valence-electron chi connectivity index (χ2n) is 6.54. The van der Waals surface area contributed by atoms with E-state index in [0.29, 0.717) is 18.7 Å². The number of rotatable bonds is 8. The van der Waals surface area contributed by atoms with Crippen molar-refractivity contribution < 1.29 is 14.1 Å². The number of carbonyl (C=O) groups excluding carboxylic acids is 1. The number of hydrogen-bond acceptors (Lipinski definition) is 7. The number of carbonyl (C=O) groups is 1. The van der Waals surface area contributed by atoms with E-state index in [0.717, 1.165) is 10.5 Å². The van der Waals surface area contributed by atoms with Gasteiger partial charge in [-0.2, -0.15) is 0 Å². The molecule has 10 nitrogen and oxygen atoms in total. The molecule has 0 aliphatic heterocycles. The monoisotopic (exact) mass is 413 g/mol. The van der Waals surface area contributed by atoms with E-state index < -0.39 is 17.2 Å². The zero-order chi connectivity index (χ0) is 21.7. The highest BCUT2D eigenvalue weighted by atomic mass is 16.5. The number of nitrogens with two attached hydrogens (primary N) is 1. The first-order chi connectivity index (χ1) is 14.5. The molecule has 2 aromatic heterocycles. The van der Waals surface area contributed by atoms with Crippen LogP contribution in [-0.4, -0.2) is 40.9 Å². The van der Waals surface area contributed by atoms with Crippen LogP contribution in [0.1, 0.15) is 23.9 Å². The van der Waals surface area contributed by atoms with E-state index in [4.69, 9.17) is 15.0 Å². The lowest BCUT2D eigenvalue weighted by Crippen LogP contribution is -2.42. The summed E-state index contributed by atoms with van der Waals surface area (Å²) in [7, 11) is 1.47. The standard InChI is InChI=1S/C20H23N5O5/c1-3-9-25-17(21)16(18(26)22-20(25)28)24(10-11-29-2)19(27)15-12-14(23-30-15)13-7-5-4-6-8-13/h4-8,12H,3,9-11,21H2,1-2H3,(H,22,26,28). The lowest BCUT2D eigenvalue weighted by Gasteiger charge is -2.23. The zero-order valence-electron chi connectivity index (χ0n) is 16.8. The second kappa shape index (κ2) is 9.23. The van der Waals surface area contributed by atoms with E-state index in [1.807, 2.05) is 37.3 Å². The summed E-state index contributed by atoms with van der Waals surface area (Å²) < 4.78 is 11.5. The van der Waals surface area contributed by atoms with E-state index in [1.165, 1.54) is 17.7 Å². The van der Waals surface area contributed by atoms with Gasteiger partial charge >= 0.3 is 5.69 Å². The van der Waals surface area contributed by atoms with Gasteiger partial charge in [0.05, 0.1) is 13.2 Å². The van der Waals surface area contributed by atoms with Crippen molar-refractivity contribution >= 4 is 17.4 Å². The molecule has 3 N–H and O–H groups in total. The predicted molar refractivity (Wildman–Crippen MR) is 112 cm³/mol. The molecule has 158 valence electrons. The summed E-state index contributed by atoms with van der Waals surface area (Å²) in [4.78, 5) is 41.2. The van der Waals surface area contributed by atoms with Gasteiger partial charge in [0.25, 0.3) is 11.5 Å². The number of ether oxygens (including phenoxy) is 1. The van der Waals surface area contributed by atoms with Crippen molar-refractivity contribution in [3.05, 3.63) is 63.0 Å². The third-order valence-electron chi connectivity index (χ3n) is 4.49. The fourth-order valence-corrected chi connectivity index (χ4v) is 3.04. The van der Waals surface area contributed by atoms with Crippen LogP contribution in [0.15, 0.2) is 50.5 Å². The summed E-state index contributed by atoms with van der Waals surface area (Å²) in [5.74, 6) is -0.796. The molecule has 0 aliphatic carbocycles. The molecule has 2 heterocycles. The largest absolute Gasteiger partial charge is 0.383 e. The lowest BCUT2D eigenvalue weighted by atomic mass is 10.1. The highest BCUT2D eigenvalue weighted by Gasteiger charge is 2.28. The molecule has 1 amide bonds. The molecular formula is C20H23N5O5. The van der Waals surface area contributed by atoms with Gasteiger partial charge in [0.1, 0.15) is 11.5 Å². The van der Waals surface area contributed by atoms with Crippen molar-refractivity contribution in [2.75, 3.05) is 30.9 Å². The molecule has 0 atom stereocenters. The maximum absolute atomic E-state index is 13.2. The molecule has 10 heteroatoms. The Bertz CT molecular complexity index is 1130. The molecular weight excluding hydrogens is 390 g/mol. The summed E-state index contributed by atoms with van der Waals surface area (Å²) in [6.07, 6.45) is 0.615. The molecule has 0 radical (unpaired) electrons. The minimum atomic E-state index is -0.767. The van der Waals surface area contributed by atoms with Crippen LogP contribution < -0.4 is 21.9 Å². The van der Waals surface area contributed by atoms with Gasteiger partial charge in [-0.25, -0.2) is 4.79 Å². The summed E-state index contributed by atoms with van der Waals surface area (Å²) in [5.41, 5.74) is 5.83. The Kier molecular flexibility index (Phi) is 6.48. The average molecular weight is 413 g/mol. The van der Waals surface area contributed by atoms with Crippen molar-refractivity contribution in [1.82, 2.24) is 14.7 Å². The van der Waals surface area contributed by atoms with E-state index in [1.54, 1.807) is 0 Å². The number of nitrogen functional groups attached to an aromatic ring is 1. The van der Waals surface area contributed by atoms with Gasteiger partial charge in [0.2, 0.25) is 5.76 Å². The number of amides is 1. The number of aromatic nitrogens is 3. The average Bonchev–Trinajstić information content (AvgIpc) is 3.24. The van der Waals surface area contributed by atoms with Crippen molar-refractivity contribution in [3.63, 3.8) is 0 Å². The van der Waals surface area contributed by atoms with E-state index >= 15 is 0 Å². The number of aromatic amines is 1. The van der Waals surface area contributed by atoms with Crippen molar-refractivity contribution in [2.24, 2.45) is 0 Å². The topological polar surface area (TPSA) is 136 Å². The maximum atomic E-state index is 13.2. The fraction of sp³-hybridized carbons (Fsp3) is 0.300. The van der Waals surface area contributed by atoms with Crippen LogP contribution in [-0.2, 0) is 11.3 Å². The van der Waals surface area contributed by atoms with Gasteiger partial charge in [0.15, 0.2) is 5.69 Å². The van der Waals surface area contributed by atoms with Gasteiger partial charge in [0, 0.05) is 25.3 Å². The van der Waals surface area contributed by atoms with Crippen molar-refractivity contribution in [1.29, 1.82) is 0 Å². The number of hydrogen-bond donors (Lipinski definition) is 2. The Morgan fingerprint density at radius 3 is 2.70 bits per heavy atom. The summed E-state index contributed by atoms with van der Waals surface area (Å²) >= 11 is 0. The highest BCUT2D eigenvalue weighted by molar-refractivity contribution is 6.05. The summed E-state index contributed by atoms with van der Waals surface area (Å²) in [6, 6.07) is 10.7. The number of benzene rings is 1. The molecule has 0 spiro atoms. The third-order valence-corrected chi connectivity index (χ3v) is 4.49. The van der Waals surface area contributed by atoms with Crippen molar-refractivity contribution in [2.45, 2.75) is 19.9 Å². The first kappa shape index (κ1) is 21.1. The van der Waals surface area contributed by atoms with Crippen LogP contribution >= 0.6 is 0 Å². The number of anilines is 2. The molecule has 1 aromatic carbocycles. The second-order valence-corrected chi connectivity index (χ2v) is 6.54. The van der Waals surface area contributed by atoms with Gasteiger partial charge in [-0.15, -0.1) is 0 Å². The van der Waals surface area contributed by atoms with Crippen LogP contribution in [0.3, 0.4) is 0 Å². The zero-order valence-corrected chi connectivity index (χ0v) is 16.8. The van der Waals surface area contributed by atoms with Gasteiger partial charge < -0.3 is 15.0 Å². The maximum Gasteiger partial charge on any atom is 0.330 e. The predicted octanol–water partition coefficient (Wildman–Crippen LogP) is 1.48. The summed E-state index contributed by atoms with van der Waals surface area (Å²) in [6.45, 7) is 2.32. The number of nitrogens with one attached hydrogen (secondary N) is 1. The molecule has 3 rings (SSSR count). The molecule has 0 saturated heterocycles. The first-order valence-electron chi connectivity index (χ1n) is 9.43. The van der Waals surface area contributed by atoms with E-state index in [9.17, 15) is 14.4 Å². The SMILES string of the molecule is CCCn1c(N)c(N(CCOC)C(=O)c2cc(-c3ccccc3)no2)c(=O)[nH]c1=O. The normalized spacial score (nSPS) is 10.9. The molecule has 3 aromatic rings. The quantitative estimate of drug-likeness (QED) is 0.571. The third kappa shape index (κ3) is 4.18. The minimum absolute atomic E-state index is 0.0221. The van der Waals surface area contributed by atoms with Crippen molar-refractivity contribution in [3.8, 4) is 11.3 Å².